The van der Waals surface area contributed by atoms with Crippen molar-refractivity contribution in [1.29, 1.82) is 0 Å². The van der Waals surface area contributed by atoms with Crippen molar-refractivity contribution in [1.82, 2.24) is 19.3 Å². The number of nitrogens with zero attached hydrogens (tertiary/aromatic N) is 4. The second-order valence-electron chi connectivity index (χ2n) is 7.09. The molecule has 3 heterocycles. The molecule has 9 nitrogen and oxygen atoms in total. The van der Waals surface area contributed by atoms with E-state index >= 15 is 0 Å². The van der Waals surface area contributed by atoms with E-state index in [2.05, 4.69) is 26.2 Å². The lowest BCUT2D eigenvalue weighted by Crippen LogP contribution is -2.39. The highest BCUT2D eigenvalue weighted by Gasteiger charge is 2.35. The van der Waals surface area contributed by atoms with Gasteiger partial charge in [0, 0.05) is 23.6 Å². The Morgan fingerprint density at radius 3 is 2.86 bits per heavy atom. The molecule has 1 atom stereocenters. The van der Waals surface area contributed by atoms with Crippen LogP contribution in [-0.4, -0.2) is 59.9 Å². The first-order chi connectivity index (χ1) is 13.9. The number of rotatable bonds is 5. The van der Waals surface area contributed by atoms with Gasteiger partial charge < -0.3 is 14.2 Å². The molecule has 0 spiro atoms. The Morgan fingerprint density at radius 1 is 1.28 bits per heavy atom. The number of hydrogen-bond acceptors (Lipinski definition) is 7. The second kappa shape index (κ2) is 8.68. The second-order valence-corrected chi connectivity index (χ2v) is 9.86. The molecule has 1 fully saturated rings. The number of sulfonamides is 1. The number of aryl methyl sites for hydroxylation is 1. The van der Waals surface area contributed by atoms with Gasteiger partial charge in [-0.15, -0.1) is 5.10 Å². The van der Waals surface area contributed by atoms with Crippen molar-refractivity contribution in [3.63, 3.8) is 0 Å². The molecule has 0 saturated carbocycles. The van der Waals surface area contributed by atoms with Gasteiger partial charge in [0.1, 0.15) is 17.3 Å². The average Bonchev–Trinajstić information content (AvgIpc) is 3.13. The van der Waals surface area contributed by atoms with Crippen molar-refractivity contribution >= 4 is 26.0 Å². The summed E-state index contributed by atoms with van der Waals surface area (Å²) < 4.78 is 47.1. The van der Waals surface area contributed by atoms with E-state index in [9.17, 15) is 8.42 Å². The third kappa shape index (κ3) is 4.64. The van der Waals surface area contributed by atoms with Crippen molar-refractivity contribution < 1.29 is 22.6 Å². The summed E-state index contributed by atoms with van der Waals surface area (Å²) in [5.41, 5.74) is 0.575. The monoisotopic (exact) mass is 486 g/mol. The van der Waals surface area contributed by atoms with Gasteiger partial charge in [0.25, 0.3) is 0 Å². The molecule has 11 heteroatoms. The summed E-state index contributed by atoms with van der Waals surface area (Å²) in [4.78, 5) is 0.157. The van der Waals surface area contributed by atoms with Gasteiger partial charge in [-0.05, 0) is 31.5 Å². The Hall–Kier alpha value is -1.53. The lowest BCUT2D eigenvalue weighted by molar-refractivity contribution is -0.182. The van der Waals surface area contributed by atoms with Gasteiger partial charge in [0.2, 0.25) is 10.0 Å². The molecule has 0 bridgehead atoms. The fourth-order valence-corrected chi connectivity index (χ4v) is 5.37. The van der Waals surface area contributed by atoms with Crippen LogP contribution in [0.15, 0.2) is 33.8 Å². The third-order valence-corrected chi connectivity index (χ3v) is 7.35. The summed E-state index contributed by atoms with van der Waals surface area (Å²) in [6.45, 7) is 4.20. The van der Waals surface area contributed by atoms with Crippen LogP contribution in [0.3, 0.4) is 0 Å². The number of ether oxygens (including phenoxy) is 3. The Bertz CT molecular complexity index is 961. The SMILES string of the molecule is C[C@H]1COc2cc(Br)ccc2S(=O)(=O)N1Cc1cn(CCC2OCCCO2)nn1. The maximum atomic E-state index is 13.2. The van der Waals surface area contributed by atoms with E-state index in [0.29, 0.717) is 37.6 Å². The lowest BCUT2D eigenvalue weighted by atomic mass is 10.3. The minimum absolute atomic E-state index is 0.124. The van der Waals surface area contributed by atoms with Crippen LogP contribution in [0.5, 0.6) is 5.75 Å². The summed E-state index contributed by atoms with van der Waals surface area (Å²) in [6, 6.07) is 4.58. The smallest absolute Gasteiger partial charge is 0.247 e. The maximum Gasteiger partial charge on any atom is 0.247 e. The van der Waals surface area contributed by atoms with Crippen LogP contribution >= 0.6 is 15.9 Å². The molecule has 0 radical (unpaired) electrons. The van der Waals surface area contributed by atoms with Gasteiger partial charge in [-0.1, -0.05) is 21.1 Å². The normalized spacial score (nSPS) is 22.6. The number of fused-ring (bicyclic) bond motifs is 1. The lowest BCUT2D eigenvalue weighted by Gasteiger charge is -2.24. The van der Waals surface area contributed by atoms with E-state index in [-0.39, 0.29) is 30.4 Å². The van der Waals surface area contributed by atoms with Crippen molar-refractivity contribution in [2.24, 2.45) is 0 Å². The van der Waals surface area contributed by atoms with Gasteiger partial charge in [-0.3, -0.25) is 4.68 Å². The predicted molar refractivity (Wildman–Crippen MR) is 107 cm³/mol. The summed E-state index contributed by atoms with van der Waals surface area (Å²) in [6.07, 6.45) is 3.11. The Balaban J connectivity index is 1.48. The van der Waals surface area contributed by atoms with Crippen LogP contribution in [0.25, 0.3) is 0 Å². The molecule has 4 rings (SSSR count). The largest absolute Gasteiger partial charge is 0.490 e. The number of aromatic nitrogens is 3. The minimum atomic E-state index is -3.73. The highest BCUT2D eigenvalue weighted by Crippen LogP contribution is 2.34. The van der Waals surface area contributed by atoms with Gasteiger partial charge in [-0.2, -0.15) is 4.31 Å². The Labute approximate surface area is 178 Å². The number of benzene rings is 1. The van der Waals surface area contributed by atoms with Crippen molar-refractivity contribution in [2.75, 3.05) is 19.8 Å². The zero-order chi connectivity index (χ0) is 20.4. The fraction of sp³-hybridized carbons (Fsp3) is 0.556. The van der Waals surface area contributed by atoms with Gasteiger partial charge >= 0.3 is 0 Å². The molecule has 0 N–H and O–H groups in total. The van der Waals surface area contributed by atoms with E-state index in [0.717, 1.165) is 10.9 Å². The molecule has 0 amide bonds. The average molecular weight is 487 g/mol. The van der Waals surface area contributed by atoms with E-state index in [1.165, 1.54) is 4.31 Å². The molecule has 0 unspecified atom stereocenters. The van der Waals surface area contributed by atoms with Crippen molar-refractivity contribution in [3.8, 4) is 5.75 Å². The maximum absolute atomic E-state index is 13.2. The van der Waals surface area contributed by atoms with Crippen LogP contribution in [0.1, 0.15) is 25.5 Å². The van der Waals surface area contributed by atoms with E-state index < -0.39 is 10.0 Å². The van der Waals surface area contributed by atoms with Crippen LogP contribution in [-0.2, 0) is 32.6 Å². The molecule has 1 saturated heterocycles. The molecule has 2 aliphatic heterocycles. The molecule has 1 aromatic heterocycles. The van der Waals surface area contributed by atoms with Gasteiger partial charge in [0.05, 0.1) is 31.5 Å². The number of hydrogen-bond donors (Lipinski definition) is 0. The summed E-state index contributed by atoms with van der Waals surface area (Å²) in [5.74, 6) is 0.352. The fourth-order valence-electron chi connectivity index (χ4n) is 3.33. The molecule has 29 heavy (non-hydrogen) atoms. The summed E-state index contributed by atoms with van der Waals surface area (Å²) >= 11 is 3.36. The molecule has 2 aliphatic rings. The molecular weight excluding hydrogens is 464 g/mol. The Morgan fingerprint density at radius 2 is 2.07 bits per heavy atom. The van der Waals surface area contributed by atoms with Crippen molar-refractivity contribution in [3.05, 3.63) is 34.6 Å². The first-order valence-electron chi connectivity index (χ1n) is 9.50. The zero-order valence-corrected chi connectivity index (χ0v) is 18.4. The predicted octanol–water partition coefficient (Wildman–Crippen LogP) is 2.17. The zero-order valence-electron chi connectivity index (χ0n) is 16.0. The van der Waals surface area contributed by atoms with Crippen LogP contribution in [0.4, 0.5) is 0 Å². The highest BCUT2D eigenvalue weighted by atomic mass is 79.9. The first kappa shape index (κ1) is 20.7. The molecule has 1 aromatic carbocycles. The van der Waals surface area contributed by atoms with Crippen LogP contribution < -0.4 is 4.74 Å². The molecule has 2 aromatic rings. The summed E-state index contributed by atoms with van der Waals surface area (Å²) in [7, 11) is -3.73. The molecular formula is C18H23BrN4O5S. The van der Waals surface area contributed by atoms with E-state index in [4.69, 9.17) is 14.2 Å². The standard InChI is InChI=1S/C18H23BrN4O5S/c1-13-12-28-16-9-14(19)3-4-17(16)29(24,25)23(13)11-15-10-22(21-20-15)6-5-18-26-7-2-8-27-18/h3-4,9-10,13,18H,2,5-8,11-12H2,1H3/t13-/m0/s1. The topological polar surface area (TPSA) is 95.8 Å². The highest BCUT2D eigenvalue weighted by molar-refractivity contribution is 9.10. The molecule has 158 valence electrons. The van der Waals surface area contributed by atoms with Gasteiger partial charge in [-0.25, -0.2) is 8.42 Å². The third-order valence-electron chi connectivity index (χ3n) is 4.86. The molecule has 0 aliphatic carbocycles. The number of halogens is 1. The van der Waals surface area contributed by atoms with E-state index in [1.54, 1.807) is 29.1 Å². The van der Waals surface area contributed by atoms with Crippen LogP contribution in [0, 0.1) is 0 Å². The van der Waals surface area contributed by atoms with E-state index in [1.807, 2.05) is 6.92 Å². The first-order valence-corrected chi connectivity index (χ1v) is 11.7. The minimum Gasteiger partial charge on any atom is -0.490 e. The van der Waals surface area contributed by atoms with Crippen molar-refractivity contribution in [2.45, 2.75) is 50.1 Å². The Kier molecular flexibility index (Phi) is 6.21. The van der Waals surface area contributed by atoms with Gasteiger partial charge in [0.15, 0.2) is 6.29 Å². The van der Waals surface area contributed by atoms with Crippen LogP contribution in [0.2, 0.25) is 0 Å². The quantitative estimate of drug-likeness (QED) is 0.638. The summed E-state index contributed by atoms with van der Waals surface area (Å²) in [5, 5.41) is 8.27.